The number of ether oxygens (including phenoxy) is 2. The van der Waals surface area contributed by atoms with Gasteiger partial charge in [0.05, 0.1) is 18.1 Å². The van der Waals surface area contributed by atoms with Crippen molar-refractivity contribution >= 4 is 40.5 Å². The summed E-state index contributed by atoms with van der Waals surface area (Å²) in [5.74, 6) is -1.46. The highest BCUT2D eigenvalue weighted by Gasteiger charge is 2.32. The normalized spacial score (nSPS) is 15.7. The lowest BCUT2D eigenvalue weighted by molar-refractivity contribution is 0.0125. The lowest BCUT2D eigenvalue weighted by Crippen LogP contribution is -2.36. The van der Waals surface area contributed by atoms with E-state index in [1.54, 1.807) is 19.2 Å². The first kappa shape index (κ1) is 27.9. The lowest BCUT2D eigenvalue weighted by Gasteiger charge is -2.27. The van der Waals surface area contributed by atoms with Crippen LogP contribution in [-0.2, 0) is 9.47 Å². The number of fused-ring (bicyclic) bond motifs is 1. The number of aromatic nitrogens is 2. The molecule has 0 spiro atoms. The number of nitrogens with one attached hydrogen (secondary N) is 2. The zero-order valence-electron chi connectivity index (χ0n) is 22.0. The number of anilines is 1. The Morgan fingerprint density at radius 3 is 2.72 bits per heavy atom. The van der Waals surface area contributed by atoms with E-state index in [0.717, 1.165) is 31.5 Å². The van der Waals surface area contributed by atoms with Crippen molar-refractivity contribution in [1.82, 2.24) is 15.3 Å². The Morgan fingerprint density at radius 1 is 1.23 bits per heavy atom. The van der Waals surface area contributed by atoms with Crippen LogP contribution in [0.1, 0.15) is 61.2 Å². The number of amides is 1. The zero-order valence-corrected chi connectivity index (χ0v) is 22.0. The fourth-order valence-electron chi connectivity index (χ4n) is 4.42. The molecule has 206 valence electrons. The van der Waals surface area contributed by atoms with Gasteiger partial charge in [-0.3, -0.25) is 9.69 Å². The molecule has 1 aliphatic rings. The van der Waals surface area contributed by atoms with Gasteiger partial charge in [-0.05, 0) is 57.7 Å². The van der Waals surface area contributed by atoms with E-state index in [0.29, 0.717) is 36.1 Å². The van der Waals surface area contributed by atoms with Gasteiger partial charge in [-0.1, -0.05) is 0 Å². The highest BCUT2D eigenvalue weighted by atomic mass is 19.1. The Morgan fingerprint density at radius 2 is 2.05 bits per heavy atom. The molecule has 1 saturated heterocycles. The minimum atomic E-state index is -0.727. The third-order valence-electron chi connectivity index (χ3n) is 6.37. The van der Waals surface area contributed by atoms with Gasteiger partial charge in [0, 0.05) is 61.2 Å². The molecule has 11 heteroatoms. The molecule has 0 aromatic carbocycles. The molecule has 0 saturated carbocycles. The van der Waals surface area contributed by atoms with E-state index in [2.05, 4.69) is 15.3 Å². The minimum absolute atomic E-state index is 0.0319. The number of rotatable bonds is 11. The second kappa shape index (κ2) is 13.1. The van der Waals surface area contributed by atoms with Gasteiger partial charge in [-0.2, -0.15) is 4.39 Å². The van der Waals surface area contributed by atoms with Crippen LogP contribution in [0.2, 0.25) is 0 Å². The van der Waals surface area contributed by atoms with E-state index in [1.165, 1.54) is 23.4 Å². The van der Waals surface area contributed by atoms with Crippen molar-refractivity contribution in [3.8, 4) is 0 Å². The van der Waals surface area contributed by atoms with Crippen LogP contribution in [-0.4, -0.2) is 60.5 Å². The van der Waals surface area contributed by atoms with Crippen LogP contribution in [0.4, 0.5) is 14.9 Å². The second-order valence-electron chi connectivity index (χ2n) is 8.98. The summed E-state index contributed by atoms with van der Waals surface area (Å²) in [6.45, 7) is 5.29. The van der Waals surface area contributed by atoms with E-state index in [9.17, 15) is 14.0 Å². The Kier molecular flexibility index (Phi) is 9.37. The van der Waals surface area contributed by atoms with Crippen molar-refractivity contribution in [2.45, 2.75) is 45.6 Å². The molecule has 1 amide bonds. The first-order valence-electron chi connectivity index (χ1n) is 13.1. The number of furan rings is 1. The Bertz CT molecular complexity index is 1350. The third-order valence-corrected chi connectivity index (χ3v) is 6.37. The van der Waals surface area contributed by atoms with E-state index >= 15 is 0 Å². The smallest absolute Gasteiger partial charge is 0.414 e. The monoisotopic (exact) mass is 537 g/mol. The lowest BCUT2D eigenvalue weighted by atomic mass is 10.0. The van der Waals surface area contributed by atoms with Crippen LogP contribution in [0, 0.1) is 11.4 Å². The molecule has 3 aromatic heterocycles. The molecule has 2 N–H and O–H groups in total. The van der Waals surface area contributed by atoms with Gasteiger partial charge in [-0.15, -0.1) is 0 Å². The highest BCUT2D eigenvalue weighted by Crippen LogP contribution is 2.37. The maximum atomic E-state index is 13.6. The molecule has 1 fully saturated rings. The van der Waals surface area contributed by atoms with E-state index in [4.69, 9.17) is 19.3 Å². The number of allylic oxidation sites excluding steroid dienone is 1. The largest absolute Gasteiger partial charge is 0.449 e. The molecule has 1 atom stereocenters. The predicted molar refractivity (Wildman–Crippen MR) is 145 cm³/mol. The number of hydrogen-bond donors (Lipinski definition) is 2. The SMILES string of the molecule is CCN/C=C(\C=N)c1cnc2oc(C(=O)c3ccc(F)nc3)c(N(CCC3CCCCO3)C(=O)OCC)c2c1. The van der Waals surface area contributed by atoms with Gasteiger partial charge < -0.3 is 24.6 Å². The summed E-state index contributed by atoms with van der Waals surface area (Å²) in [6.07, 6.45) is 8.28. The average molecular weight is 538 g/mol. The predicted octanol–water partition coefficient (Wildman–Crippen LogP) is 5.11. The fourth-order valence-corrected chi connectivity index (χ4v) is 4.42. The van der Waals surface area contributed by atoms with Crippen molar-refractivity contribution in [2.75, 3.05) is 31.2 Å². The number of carbonyl (C=O) groups excluding carboxylic acids is 2. The summed E-state index contributed by atoms with van der Waals surface area (Å²) in [4.78, 5) is 36.3. The van der Waals surface area contributed by atoms with Gasteiger partial charge in [-0.25, -0.2) is 14.8 Å². The molecule has 1 unspecified atom stereocenters. The van der Waals surface area contributed by atoms with Gasteiger partial charge in [0.15, 0.2) is 0 Å². The third kappa shape index (κ3) is 6.48. The zero-order chi connectivity index (χ0) is 27.8. The van der Waals surface area contributed by atoms with E-state index < -0.39 is 17.8 Å². The van der Waals surface area contributed by atoms with Gasteiger partial charge in [0.2, 0.25) is 23.2 Å². The number of nitrogens with zero attached hydrogens (tertiary/aromatic N) is 3. The maximum Gasteiger partial charge on any atom is 0.414 e. The van der Waals surface area contributed by atoms with Crippen LogP contribution in [0.5, 0.6) is 0 Å². The van der Waals surface area contributed by atoms with Gasteiger partial charge in [0.1, 0.15) is 5.69 Å². The van der Waals surface area contributed by atoms with Gasteiger partial charge >= 0.3 is 6.09 Å². The molecule has 3 aromatic rings. The van der Waals surface area contributed by atoms with E-state index in [-0.39, 0.29) is 42.0 Å². The van der Waals surface area contributed by atoms with E-state index in [1.807, 2.05) is 6.92 Å². The second-order valence-corrected chi connectivity index (χ2v) is 8.98. The Labute approximate surface area is 225 Å². The molecular formula is C28H32FN5O5. The Hall–Kier alpha value is -4.12. The van der Waals surface area contributed by atoms with Crippen molar-refractivity contribution in [3.63, 3.8) is 0 Å². The molecule has 1 aliphatic heterocycles. The first-order chi connectivity index (χ1) is 19.0. The number of halogens is 1. The molecular weight excluding hydrogens is 505 g/mol. The molecule has 0 aliphatic carbocycles. The van der Waals surface area contributed by atoms with Crippen LogP contribution >= 0.6 is 0 Å². The van der Waals surface area contributed by atoms with Crippen LogP contribution in [0.15, 0.2) is 41.2 Å². The van der Waals surface area contributed by atoms with Crippen molar-refractivity contribution < 1.29 is 27.9 Å². The fraction of sp³-hybridized carbons (Fsp3) is 0.393. The molecule has 0 radical (unpaired) electrons. The maximum absolute atomic E-state index is 13.6. The number of hydrogen-bond acceptors (Lipinski definition) is 9. The van der Waals surface area contributed by atoms with Gasteiger partial charge in [0.25, 0.3) is 0 Å². The van der Waals surface area contributed by atoms with Crippen molar-refractivity contribution in [2.24, 2.45) is 0 Å². The summed E-state index contributed by atoms with van der Waals surface area (Å²) in [5.41, 5.74) is 1.54. The molecule has 10 nitrogen and oxygen atoms in total. The van der Waals surface area contributed by atoms with Crippen LogP contribution < -0.4 is 10.2 Å². The number of ketones is 1. The average Bonchev–Trinajstić information content (AvgIpc) is 3.33. The topological polar surface area (TPSA) is 131 Å². The van der Waals surface area contributed by atoms with Crippen molar-refractivity contribution in [1.29, 1.82) is 5.41 Å². The minimum Gasteiger partial charge on any atom is -0.449 e. The van der Waals surface area contributed by atoms with Crippen LogP contribution in [0.3, 0.4) is 0 Å². The standard InChI is InChI=1S/C28H32FN5O5/c1-3-31-15-20(14-30)19-13-22-24(34(28(36)37-4-2)11-10-21-7-5-6-12-38-21)26(39-27(22)33-17-19)25(35)18-8-9-23(29)32-16-18/h8-9,13-17,21,30-31H,3-7,10-12H2,1-2H3/b20-15+,30-14?. The quantitative estimate of drug-likeness (QED) is 0.196. The molecule has 4 heterocycles. The first-order valence-corrected chi connectivity index (χ1v) is 13.1. The molecule has 4 rings (SSSR count). The summed E-state index contributed by atoms with van der Waals surface area (Å²) in [7, 11) is 0. The summed E-state index contributed by atoms with van der Waals surface area (Å²) in [5, 5.41) is 11.3. The summed E-state index contributed by atoms with van der Waals surface area (Å²) >= 11 is 0. The summed E-state index contributed by atoms with van der Waals surface area (Å²) in [6, 6.07) is 4.10. The highest BCUT2D eigenvalue weighted by molar-refractivity contribution is 6.17. The van der Waals surface area contributed by atoms with Crippen molar-refractivity contribution in [3.05, 3.63) is 59.6 Å². The number of pyridine rings is 2. The molecule has 0 bridgehead atoms. The molecule has 39 heavy (non-hydrogen) atoms. The summed E-state index contributed by atoms with van der Waals surface area (Å²) < 4.78 is 30.7. The Balaban J connectivity index is 1.86. The van der Waals surface area contributed by atoms with Crippen LogP contribution in [0.25, 0.3) is 16.7 Å². The number of carbonyl (C=O) groups is 2.